The van der Waals surface area contributed by atoms with Crippen molar-refractivity contribution < 1.29 is 23.8 Å². The molecule has 3 aromatic rings. The standard InChI is InChI=1S/C21H20N2O5S2/c1-5-18(24)28-23-15(12-29-21-22-14-8-6-7-9-17(14)30-21)13-10-11-16(25-2)20(27-4)19(13)26-3/h5-11H,1,12H2,2-4H3/b23-15+. The minimum absolute atomic E-state index is 0.385. The first-order valence-electron chi connectivity index (χ1n) is 8.79. The fourth-order valence-corrected chi connectivity index (χ4v) is 4.67. The van der Waals surface area contributed by atoms with Gasteiger partial charge in [0.15, 0.2) is 15.8 Å². The topological polar surface area (TPSA) is 79.2 Å². The van der Waals surface area contributed by atoms with Gasteiger partial charge < -0.3 is 19.0 Å². The number of carbonyl (C=O) groups is 1. The van der Waals surface area contributed by atoms with Crippen LogP contribution in [0.4, 0.5) is 0 Å². The van der Waals surface area contributed by atoms with Crippen LogP contribution in [-0.4, -0.2) is 43.7 Å². The van der Waals surface area contributed by atoms with Crippen molar-refractivity contribution >= 4 is 45.0 Å². The van der Waals surface area contributed by atoms with E-state index in [1.54, 1.807) is 30.6 Å². The van der Waals surface area contributed by atoms with Crippen LogP contribution in [0.15, 0.2) is 58.5 Å². The number of hydrogen-bond donors (Lipinski definition) is 0. The molecule has 0 bridgehead atoms. The van der Waals surface area contributed by atoms with Gasteiger partial charge in [0.1, 0.15) is 5.71 Å². The van der Waals surface area contributed by atoms with Crippen LogP contribution < -0.4 is 14.2 Å². The van der Waals surface area contributed by atoms with Gasteiger partial charge in [-0.15, -0.1) is 11.3 Å². The molecule has 3 rings (SSSR count). The van der Waals surface area contributed by atoms with E-state index in [1.807, 2.05) is 24.3 Å². The predicted molar refractivity (Wildman–Crippen MR) is 119 cm³/mol. The van der Waals surface area contributed by atoms with Gasteiger partial charge in [-0.3, -0.25) is 0 Å². The Morgan fingerprint density at radius 1 is 1.13 bits per heavy atom. The van der Waals surface area contributed by atoms with E-state index in [2.05, 4.69) is 16.7 Å². The minimum atomic E-state index is -0.656. The summed E-state index contributed by atoms with van der Waals surface area (Å²) >= 11 is 3.07. The van der Waals surface area contributed by atoms with Crippen LogP contribution in [-0.2, 0) is 9.63 Å². The lowest BCUT2D eigenvalue weighted by Gasteiger charge is -2.16. The summed E-state index contributed by atoms with van der Waals surface area (Å²) in [6.07, 6.45) is 1.05. The summed E-state index contributed by atoms with van der Waals surface area (Å²) in [7, 11) is 4.59. The van der Waals surface area contributed by atoms with Gasteiger partial charge in [0.25, 0.3) is 0 Å². The number of methoxy groups -OCH3 is 3. The quantitative estimate of drug-likeness (QED) is 0.157. The molecule has 0 N–H and O–H groups in total. The van der Waals surface area contributed by atoms with Crippen molar-refractivity contribution in [3.63, 3.8) is 0 Å². The average molecular weight is 445 g/mol. The Kier molecular flexibility index (Phi) is 7.31. The van der Waals surface area contributed by atoms with Crippen molar-refractivity contribution in [2.45, 2.75) is 4.34 Å². The van der Waals surface area contributed by atoms with Gasteiger partial charge in [0, 0.05) is 17.4 Å². The Labute approximate surface area is 182 Å². The van der Waals surface area contributed by atoms with Gasteiger partial charge in [-0.2, -0.15) is 0 Å². The van der Waals surface area contributed by atoms with Crippen LogP contribution in [0.25, 0.3) is 10.2 Å². The van der Waals surface area contributed by atoms with E-state index in [0.29, 0.717) is 34.3 Å². The molecule has 0 radical (unpaired) electrons. The Hall–Kier alpha value is -3.04. The maximum atomic E-state index is 11.6. The molecule has 0 atom stereocenters. The molecule has 0 saturated carbocycles. The molecule has 0 saturated heterocycles. The normalized spacial score (nSPS) is 11.2. The van der Waals surface area contributed by atoms with E-state index in [4.69, 9.17) is 19.0 Å². The van der Waals surface area contributed by atoms with Crippen LogP contribution in [0.5, 0.6) is 17.2 Å². The van der Waals surface area contributed by atoms with Crippen molar-refractivity contribution in [3.8, 4) is 17.2 Å². The molecular formula is C21H20N2O5S2. The van der Waals surface area contributed by atoms with Crippen molar-refractivity contribution in [2.24, 2.45) is 5.16 Å². The fourth-order valence-electron chi connectivity index (χ4n) is 2.66. The Bertz CT molecular complexity index is 1060. The second kappa shape index (κ2) is 10.1. The summed E-state index contributed by atoms with van der Waals surface area (Å²) in [4.78, 5) is 21.2. The van der Waals surface area contributed by atoms with Gasteiger partial charge in [0.2, 0.25) is 5.75 Å². The summed E-state index contributed by atoms with van der Waals surface area (Å²) < 4.78 is 18.3. The van der Waals surface area contributed by atoms with Gasteiger partial charge >= 0.3 is 5.97 Å². The third-order valence-corrected chi connectivity index (χ3v) is 6.22. The zero-order valence-electron chi connectivity index (χ0n) is 16.7. The number of thiazole rings is 1. The number of rotatable bonds is 9. The number of hydrogen-bond acceptors (Lipinski definition) is 9. The van der Waals surface area contributed by atoms with Gasteiger partial charge in [-0.05, 0) is 24.3 Å². The number of ether oxygens (including phenoxy) is 3. The van der Waals surface area contributed by atoms with Gasteiger partial charge in [-0.1, -0.05) is 35.6 Å². The molecule has 1 heterocycles. The highest BCUT2D eigenvalue weighted by molar-refractivity contribution is 8.01. The molecule has 0 aliphatic heterocycles. The van der Waals surface area contributed by atoms with Crippen LogP contribution in [0.2, 0.25) is 0 Å². The number of fused-ring (bicyclic) bond motifs is 1. The summed E-state index contributed by atoms with van der Waals surface area (Å²) in [5.74, 6) is 1.09. The molecule has 0 spiro atoms. The molecule has 2 aromatic carbocycles. The van der Waals surface area contributed by atoms with Crippen LogP contribution in [0.1, 0.15) is 5.56 Å². The first-order valence-corrected chi connectivity index (χ1v) is 10.6. The SMILES string of the molecule is C=CC(=O)O/N=C(\CSc1nc2ccccc2s1)c1ccc(OC)c(OC)c1OC. The predicted octanol–water partition coefficient (Wildman–Crippen LogP) is 4.55. The summed E-state index contributed by atoms with van der Waals surface area (Å²) in [6, 6.07) is 11.4. The molecule has 0 unspecified atom stereocenters. The van der Waals surface area contributed by atoms with Gasteiger partial charge in [0.05, 0.1) is 31.5 Å². The van der Waals surface area contributed by atoms with E-state index in [9.17, 15) is 4.79 Å². The molecule has 156 valence electrons. The highest BCUT2D eigenvalue weighted by Gasteiger charge is 2.21. The maximum Gasteiger partial charge on any atom is 0.358 e. The second-order valence-electron chi connectivity index (χ2n) is 5.77. The lowest BCUT2D eigenvalue weighted by molar-refractivity contribution is -0.137. The highest BCUT2D eigenvalue weighted by Crippen LogP contribution is 2.41. The van der Waals surface area contributed by atoms with Crippen molar-refractivity contribution in [1.82, 2.24) is 4.98 Å². The summed E-state index contributed by atoms with van der Waals surface area (Å²) in [5.41, 5.74) is 2.03. The van der Waals surface area contributed by atoms with E-state index >= 15 is 0 Å². The first kappa shape index (κ1) is 21.7. The van der Waals surface area contributed by atoms with Crippen LogP contribution >= 0.6 is 23.1 Å². The van der Waals surface area contributed by atoms with E-state index in [1.165, 1.54) is 26.0 Å². The van der Waals surface area contributed by atoms with Crippen molar-refractivity contribution in [3.05, 3.63) is 54.6 Å². The number of oxime groups is 1. The van der Waals surface area contributed by atoms with E-state index in [0.717, 1.165) is 20.6 Å². The Balaban J connectivity index is 1.96. The Morgan fingerprint density at radius 2 is 1.90 bits per heavy atom. The Morgan fingerprint density at radius 3 is 2.57 bits per heavy atom. The molecule has 30 heavy (non-hydrogen) atoms. The molecule has 0 fully saturated rings. The maximum absolute atomic E-state index is 11.6. The summed E-state index contributed by atoms with van der Waals surface area (Å²) in [5, 5.41) is 4.05. The number of para-hydroxylation sites is 1. The fraction of sp³-hybridized carbons (Fsp3) is 0.190. The zero-order chi connectivity index (χ0) is 21.5. The molecule has 0 amide bonds. The second-order valence-corrected chi connectivity index (χ2v) is 8.02. The molecule has 7 nitrogen and oxygen atoms in total. The first-order chi connectivity index (χ1) is 14.6. The molecule has 9 heteroatoms. The van der Waals surface area contributed by atoms with E-state index < -0.39 is 5.97 Å². The van der Waals surface area contributed by atoms with Crippen molar-refractivity contribution in [2.75, 3.05) is 27.1 Å². The third-order valence-electron chi connectivity index (χ3n) is 4.03. The summed E-state index contributed by atoms with van der Waals surface area (Å²) in [6.45, 7) is 3.39. The van der Waals surface area contributed by atoms with Crippen LogP contribution in [0.3, 0.4) is 0 Å². The highest BCUT2D eigenvalue weighted by atomic mass is 32.2. The molecule has 0 aliphatic rings. The van der Waals surface area contributed by atoms with Crippen LogP contribution in [0, 0.1) is 0 Å². The molecular weight excluding hydrogens is 424 g/mol. The minimum Gasteiger partial charge on any atom is -0.493 e. The number of aromatic nitrogens is 1. The van der Waals surface area contributed by atoms with Gasteiger partial charge in [-0.25, -0.2) is 9.78 Å². The smallest absolute Gasteiger partial charge is 0.358 e. The lowest BCUT2D eigenvalue weighted by atomic mass is 10.1. The third kappa shape index (κ3) is 4.74. The monoisotopic (exact) mass is 444 g/mol. The largest absolute Gasteiger partial charge is 0.493 e. The van der Waals surface area contributed by atoms with E-state index in [-0.39, 0.29) is 0 Å². The number of nitrogens with zero attached hydrogens (tertiary/aromatic N) is 2. The molecule has 0 aliphatic carbocycles. The van der Waals surface area contributed by atoms with Crippen molar-refractivity contribution in [1.29, 1.82) is 0 Å². The molecule has 1 aromatic heterocycles. The average Bonchev–Trinajstić information content (AvgIpc) is 3.20. The number of thioether (sulfide) groups is 1. The number of carbonyl (C=O) groups excluding carboxylic acids is 1. The zero-order valence-corrected chi connectivity index (χ0v) is 18.3. The number of benzene rings is 2. The lowest BCUT2D eigenvalue weighted by Crippen LogP contribution is -2.10.